The van der Waals surface area contributed by atoms with Gasteiger partial charge in [-0.1, -0.05) is 6.42 Å². The maximum absolute atomic E-state index is 14.0. The minimum absolute atomic E-state index is 0.00942. The SMILES string of the molecule is CNC(=O)C1CCCCN1Cc1c(F)ccc(Br)c1F. The molecule has 1 N–H and O–H groups in total. The summed E-state index contributed by atoms with van der Waals surface area (Å²) in [5, 5.41) is 2.61. The van der Waals surface area contributed by atoms with Crippen LogP contribution < -0.4 is 5.32 Å². The molecule has 1 fully saturated rings. The van der Waals surface area contributed by atoms with E-state index in [9.17, 15) is 13.6 Å². The van der Waals surface area contributed by atoms with Crippen molar-refractivity contribution in [1.29, 1.82) is 0 Å². The maximum Gasteiger partial charge on any atom is 0.237 e. The number of piperidine rings is 1. The van der Waals surface area contributed by atoms with Gasteiger partial charge in [0.15, 0.2) is 0 Å². The molecule has 1 heterocycles. The molecule has 6 heteroatoms. The molecular formula is C14H17BrF2N2O. The summed E-state index contributed by atoms with van der Waals surface area (Å²) in [6, 6.07) is 2.27. The molecule has 0 aromatic heterocycles. The summed E-state index contributed by atoms with van der Waals surface area (Å²) < 4.78 is 28.1. The predicted octanol–water partition coefficient (Wildman–Crippen LogP) is 2.83. The van der Waals surface area contributed by atoms with Crippen LogP contribution in [0.3, 0.4) is 0 Å². The highest BCUT2D eigenvalue weighted by Gasteiger charge is 2.29. The number of amides is 1. The lowest BCUT2D eigenvalue weighted by Crippen LogP contribution is -2.48. The molecule has 3 nitrogen and oxygen atoms in total. The van der Waals surface area contributed by atoms with Gasteiger partial charge in [0.1, 0.15) is 11.6 Å². The Labute approximate surface area is 125 Å². The van der Waals surface area contributed by atoms with Crippen molar-refractivity contribution in [3.8, 4) is 0 Å². The largest absolute Gasteiger partial charge is 0.358 e. The van der Waals surface area contributed by atoms with E-state index in [4.69, 9.17) is 0 Å². The van der Waals surface area contributed by atoms with Gasteiger partial charge in [-0.25, -0.2) is 8.78 Å². The standard InChI is InChI=1S/C14H17BrF2N2O/c1-18-14(20)12-4-2-3-7-19(12)8-9-11(16)6-5-10(15)13(9)17/h5-6,12H,2-4,7-8H2,1H3,(H,18,20). The van der Waals surface area contributed by atoms with E-state index in [-0.39, 0.29) is 28.5 Å². The van der Waals surface area contributed by atoms with Gasteiger partial charge in [0.2, 0.25) is 5.91 Å². The molecule has 20 heavy (non-hydrogen) atoms. The molecule has 1 atom stereocenters. The maximum atomic E-state index is 14.0. The number of rotatable bonds is 3. The van der Waals surface area contributed by atoms with Gasteiger partial charge >= 0.3 is 0 Å². The van der Waals surface area contributed by atoms with Gasteiger partial charge in [0, 0.05) is 19.2 Å². The van der Waals surface area contributed by atoms with E-state index in [0.717, 1.165) is 19.3 Å². The van der Waals surface area contributed by atoms with Crippen molar-refractivity contribution < 1.29 is 13.6 Å². The summed E-state index contributed by atoms with van der Waals surface area (Å²) >= 11 is 3.06. The number of benzene rings is 1. The van der Waals surface area contributed by atoms with Gasteiger partial charge in [0.25, 0.3) is 0 Å². The van der Waals surface area contributed by atoms with Crippen LogP contribution >= 0.6 is 15.9 Å². The average Bonchev–Trinajstić information content (AvgIpc) is 2.47. The van der Waals surface area contributed by atoms with Crippen LogP contribution in [0.1, 0.15) is 24.8 Å². The first kappa shape index (κ1) is 15.4. The van der Waals surface area contributed by atoms with Crippen LogP contribution in [0.15, 0.2) is 16.6 Å². The van der Waals surface area contributed by atoms with Crippen molar-refractivity contribution in [3.63, 3.8) is 0 Å². The lowest BCUT2D eigenvalue weighted by atomic mass is 10.00. The van der Waals surface area contributed by atoms with Crippen molar-refractivity contribution in [3.05, 3.63) is 33.8 Å². The van der Waals surface area contributed by atoms with Gasteiger partial charge in [-0.05, 0) is 47.4 Å². The van der Waals surface area contributed by atoms with Crippen LogP contribution in [0, 0.1) is 11.6 Å². The van der Waals surface area contributed by atoms with E-state index in [2.05, 4.69) is 21.2 Å². The normalized spacial score (nSPS) is 19.9. The Morgan fingerprint density at radius 1 is 1.45 bits per heavy atom. The van der Waals surface area contributed by atoms with Crippen molar-refractivity contribution in [2.75, 3.05) is 13.6 Å². The van der Waals surface area contributed by atoms with Crippen LogP contribution in [-0.4, -0.2) is 30.4 Å². The number of carbonyl (C=O) groups excluding carboxylic acids is 1. The van der Waals surface area contributed by atoms with Gasteiger partial charge < -0.3 is 5.32 Å². The van der Waals surface area contributed by atoms with E-state index in [0.29, 0.717) is 6.54 Å². The van der Waals surface area contributed by atoms with Gasteiger partial charge in [-0.15, -0.1) is 0 Å². The Morgan fingerprint density at radius 2 is 2.20 bits per heavy atom. The number of nitrogens with zero attached hydrogens (tertiary/aromatic N) is 1. The zero-order valence-electron chi connectivity index (χ0n) is 11.3. The molecule has 1 unspecified atom stereocenters. The van der Waals surface area contributed by atoms with Crippen molar-refractivity contribution >= 4 is 21.8 Å². The van der Waals surface area contributed by atoms with Crippen molar-refractivity contribution in [2.45, 2.75) is 31.8 Å². The van der Waals surface area contributed by atoms with Crippen LogP contribution in [0.5, 0.6) is 0 Å². The minimum Gasteiger partial charge on any atom is -0.358 e. The fraction of sp³-hybridized carbons (Fsp3) is 0.500. The fourth-order valence-corrected chi connectivity index (χ4v) is 2.93. The third-order valence-corrected chi connectivity index (χ3v) is 4.28. The molecule has 1 aliphatic heterocycles. The smallest absolute Gasteiger partial charge is 0.237 e. The first-order chi connectivity index (χ1) is 9.54. The number of likely N-dealkylation sites (tertiary alicyclic amines) is 1. The van der Waals surface area contributed by atoms with Crippen LogP contribution in [0.25, 0.3) is 0 Å². The quantitative estimate of drug-likeness (QED) is 0.853. The van der Waals surface area contributed by atoms with E-state index >= 15 is 0 Å². The lowest BCUT2D eigenvalue weighted by Gasteiger charge is -2.34. The Balaban J connectivity index is 2.23. The topological polar surface area (TPSA) is 32.3 Å². The number of halogens is 3. The van der Waals surface area contributed by atoms with Crippen LogP contribution in [0.2, 0.25) is 0 Å². The summed E-state index contributed by atoms with van der Waals surface area (Å²) in [5.74, 6) is -1.27. The van der Waals surface area contributed by atoms with Crippen LogP contribution in [-0.2, 0) is 11.3 Å². The van der Waals surface area contributed by atoms with E-state index in [1.807, 2.05) is 4.90 Å². The molecule has 0 radical (unpaired) electrons. The highest BCUT2D eigenvalue weighted by molar-refractivity contribution is 9.10. The van der Waals surface area contributed by atoms with Crippen LogP contribution in [0.4, 0.5) is 8.78 Å². The van der Waals surface area contributed by atoms with Crippen molar-refractivity contribution in [1.82, 2.24) is 10.2 Å². The molecule has 110 valence electrons. The number of carbonyl (C=O) groups is 1. The Bertz CT molecular complexity index is 510. The van der Waals surface area contributed by atoms with E-state index in [1.54, 1.807) is 7.05 Å². The molecule has 1 amide bonds. The molecule has 0 saturated carbocycles. The minimum atomic E-state index is -0.591. The second-order valence-electron chi connectivity index (χ2n) is 4.92. The molecule has 1 aliphatic rings. The monoisotopic (exact) mass is 346 g/mol. The summed E-state index contributed by atoms with van der Waals surface area (Å²) in [6.07, 6.45) is 2.61. The van der Waals surface area contributed by atoms with E-state index < -0.39 is 11.6 Å². The lowest BCUT2D eigenvalue weighted by molar-refractivity contribution is -0.127. The summed E-state index contributed by atoms with van der Waals surface area (Å²) in [7, 11) is 1.58. The Hall–Kier alpha value is -1.01. The first-order valence-corrected chi connectivity index (χ1v) is 7.42. The summed E-state index contributed by atoms with van der Waals surface area (Å²) in [5.41, 5.74) is 0.00942. The van der Waals surface area contributed by atoms with Gasteiger partial charge in [0.05, 0.1) is 10.5 Å². The summed E-state index contributed by atoms with van der Waals surface area (Å²) in [6.45, 7) is 0.776. The third-order valence-electron chi connectivity index (χ3n) is 3.66. The number of likely N-dealkylation sites (N-methyl/N-ethyl adjacent to an activating group) is 1. The summed E-state index contributed by atoms with van der Waals surface area (Å²) in [4.78, 5) is 13.7. The molecule has 1 saturated heterocycles. The van der Waals surface area contributed by atoms with Gasteiger partial charge in [-0.2, -0.15) is 0 Å². The molecule has 0 bridgehead atoms. The molecular weight excluding hydrogens is 330 g/mol. The molecule has 0 aliphatic carbocycles. The second kappa shape index (κ2) is 6.63. The fourth-order valence-electron chi connectivity index (χ4n) is 2.56. The van der Waals surface area contributed by atoms with Crippen molar-refractivity contribution in [2.24, 2.45) is 0 Å². The Morgan fingerprint density at radius 3 is 2.90 bits per heavy atom. The average molecular weight is 347 g/mol. The molecule has 1 aromatic carbocycles. The Kier molecular flexibility index (Phi) is 5.10. The highest BCUT2D eigenvalue weighted by atomic mass is 79.9. The predicted molar refractivity (Wildman–Crippen MR) is 76.2 cm³/mol. The molecule has 2 rings (SSSR count). The first-order valence-electron chi connectivity index (χ1n) is 6.62. The zero-order chi connectivity index (χ0) is 14.7. The number of nitrogens with one attached hydrogen (secondary N) is 1. The number of hydrogen-bond acceptors (Lipinski definition) is 2. The number of hydrogen-bond donors (Lipinski definition) is 1. The molecule has 1 aromatic rings. The second-order valence-corrected chi connectivity index (χ2v) is 5.77. The highest BCUT2D eigenvalue weighted by Crippen LogP contribution is 2.26. The molecule has 0 spiro atoms. The van der Waals surface area contributed by atoms with E-state index in [1.165, 1.54) is 12.1 Å². The van der Waals surface area contributed by atoms with Gasteiger partial charge in [-0.3, -0.25) is 9.69 Å². The third kappa shape index (κ3) is 3.17. The zero-order valence-corrected chi connectivity index (χ0v) is 12.8.